The Labute approximate surface area is 137 Å². The van der Waals surface area contributed by atoms with Gasteiger partial charge in [0.25, 0.3) is 0 Å². The van der Waals surface area contributed by atoms with Crippen molar-refractivity contribution >= 4 is 38.9 Å². The molecular formula is C16H17BrClNS. The topological polar surface area (TPSA) is 12.0 Å². The molecule has 0 bridgehead atoms. The average Bonchev–Trinajstić information content (AvgIpc) is 2.80. The third kappa shape index (κ3) is 3.11. The molecule has 2 aromatic rings. The summed E-state index contributed by atoms with van der Waals surface area (Å²) in [6.07, 6.45) is 3.61. The van der Waals surface area contributed by atoms with E-state index >= 15 is 0 Å². The Kier molecular flexibility index (Phi) is 4.51. The summed E-state index contributed by atoms with van der Waals surface area (Å²) in [4.78, 5) is 1.46. The van der Waals surface area contributed by atoms with E-state index in [4.69, 9.17) is 11.6 Å². The van der Waals surface area contributed by atoms with Crippen molar-refractivity contribution in [2.24, 2.45) is 0 Å². The minimum atomic E-state index is 0.335. The maximum Gasteiger partial charge on any atom is 0.0934 e. The van der Waals surface area contributed by atoms with E-state index in [0.29, 0.717) is 12.1 Å². The van der Waals surface area contributed by atoms with Gasteiger partial charge in [0.1, 0.15) is 0 Å². The Morgan fingerprint density at radius 1 is 1.40 bits per heavy atom. The van der Waals surface area contributed by atoms with E-state index in [-0.39, 0.29) is 0 Å². The zero-order valence-electron chi connectivity index (χ0n) is 11.3. The Morgan fingerprint density at radius 3 is 3.05 bits per heavy atom. The molecule has 2 unspecified atom stereocenters. The maximum atomic E-state index is 6.18. The van der Waals surface area contributed by atoms with Gasteiger partial charge in [-0.2, -0.15) is 0 Å². The highest BCUT2D eigenvalue weighted by atomic mass is 79.9. The molecule has 2 atom stereocenters. The van der Waals surface area contributed by atoms with Crippen molar-refractivity contribution in [3.05, 3.63) is 55.1 Å². The van der Waals surface area contributed by atoms with Crippen LogP contribution in [0.5, 0.6) is 0 Å². The molecule has 0 amide bonds. The molecule has 1 heterocycles. The second-order valence-electron chi connectivity index (χ2n) is 5.32. The summed E-state index contributed by atoms with van der Waals surface area (Å²) in [5.74, 6) is 0. The van der Waals surface area contributed by atoms with Crippen molar-refractivity contribution in [1.82, 2.24) is 5.32 Å². The van der Waals surface area contributed by atoms with Gasteiger partial charge in [-0.25, -0.2) is 0 Å². The quantitative estimate of drug-likeness (QED) is 0.710. The summed E-state index contributed by atoms with van der Waals surface area (Å²) in [7, 11) is 0. The molecular weight excluding hydrogens is 354 g/mol. The number of fused-ring (bicyclic) bond motifs is 1. The lowest BCUT2D eigenvalue weighted by atomic mass is 9.93. The second kappa shape index (κ2) is 6.18. The molecule has 1 aliphatic carbocycles. The first-order valence-corrected chi connectivity index (χ1v) is 8.92. The molecule has 0 saturated heterocycles. The largest absolute Gasteiger partial charge is 0.303 e. The van der Waals surface area contributed by atoms with Crippen molar-refractivity contribution < 1.29 is 0 Å². The van der Waals surface area contributed by atoms with Gasteiger partial charge in [-0.15, -0.1) is 11.3 Å². The Morgan fingerprint density at radius 2 is 2.25 bits per heavy atom. The van der Waals surface area contributed by atoms with E-state index < -0.39 is 0 Å². The average molecular weight is 371 g/mol. The molecule has 1 N–H and O–H groups in total. The van der Waals surface area contributed by atoms with Crippen LogP contribution in [0.25, 0.3) is 0 Å². The Bertz CT molecular complexity index is 610. The number of hydrogen-bond acceptors (Lipinski definition) is 2. The van der Waals surface area contributed by atoms with Gasteiger partial charge in [-0.1, -0.05) is 39.7 Å². The monoisotopic (exact) mass is 369 g/mol. The molecule has 0 saturated carbocycles. The molecule has 0 fully saturated rings. The van der Waals surface area contributed by atoms with Gasteiger partial charge in [0.2, 0.25) is 0 Å². The molecule has 1 aromatic heterocycles. The summed E-state index contributed by atoms with van der Waals surface area (Å²) in [6.45, 7) is 2.23. The standard InChI is InChI=1S/C16H17BrClNS/c1-10(11-4-2-5-12(17)8-11)19-14-6-3-7-15-13(14)9-16(18)20-15/h2,4-5,8-10,14,19H,3,6-7H2,1H3. The van der Waals surface area contributed by atoms with Gasteiger partial charge in [-0.05, 0) is 55.5 Å². The predicted octanol–water partition coefficient (Wildman–Crippen LogP) is 5.89. The smallest absolute Gasteiger partial charge is 0.0934 e. The van der Waals surface area contributed by atoms with Crippen molar-refractivity contribution in [2.75, 3.05) is 0 Å². The van der Waals surface area contributed by atoms with Crippen LogP contribution in [0.3, 0.4) is 0 Å². The van der Waals surface area contributed by atoms with Gasteiger partial charge in [0, 0.05) is 21.4 Å². The zero-order valence-corrected chi connectivity index (χ0v) is 14.5. The molecule has 1 nitrogen and oxygen atoms in total. The summed E-state index contributed by atoms with van der Waals surface area (Å²) in [6, 6.07) is 11.4. The number of hydrogen-bond donors (Lipinski definition) is 1. The van der Waals surface area contributed by atoms with Crippen molar-refractivity contribution in [3.8, 4) is 0 Å². The van der Waals surface area contributed by atoms with Crippen molar-refractivity contribution in [2.45, 2.75) is 38.3 Å². The van der Waals surface area contributed by atoms with Crippen molar-refractivity contribution in [3.63, 3.8) is 0 Å². The molecule has 1 aliphatic rings. The SMILES string of the molecule is CC(NC1CCCc2sc(Cl)cc21)c1cccc(Br)c1. The summed E-state index contributed by atoms with van der Waals surface area (Å²) < 4.78 is 2.05. The molecule has 106 valence electrons. The highest BCUT2D eigenvalue weighted by molar-refractivity contribution is 9.10. The third-order valence-corrected chi connectivity index (χ3v) is 5.72. The zero-order chi connectivity index (χ0) is 14.1. The Balaban J connectivity index is 1.78. The lowest BCUT2D eigenvalue weighted by Gasteiger charge is -2.27. The highest BCUT2D eigenvalue weighted by Crippen LogP contribution is 2.38. The predicted molar refractivity (Wildman–Crippen MR) is 90.7 cm³/mol. The molecule has 0 radical (unpaired) electrons. The fourth-order valence-electron chi connectivity index (χ4n) is 2.87. The first-order chi connectivity index (χ1) is 9.63. The fourth-order valence-corrected chi connectivity index (χ4v) is 4.67. The van der Waals surface area contributed by atoms with Gasteiger partial charge in [-0.3, -0.25) is 0 Å². The lowest BCUT2D eigenvalue weighted by Crippen LogP contribution is -2.27. The fraction of sp³-hybridized carbons (Fsp3) is 0.375. The highest BCUT2D eigenvalue weighted by Gasteiger charge is 2.24. The van der Waals surface area contributed by atoms with Crippen LogP contribution in [0.4, 0.5) is 0 Å². The number of benzene rings is 1. The molecule has 4 heteroatoms. The van der Waals surface area contributed by atoms with Crippen LogP contribution in [0, 0.1) is 0 Å². The minimum absolute atomic E-state index is 0.335. The first-order valence-electron chi connectivity index (χ1n) is 6.93. The molecule has 3 rings (SSSR count). The van der Waals surface area contributed by atoms with E-state index in [2.05, 4.69) is 58.5 Å². The third-order valence-electron chi connectivity index (χ3n) is 3.88. The van der Waals surface area contributed by atoms with Crippen LogP contribution in [-0.4, -0.2) is 0 Å². The number of thiophene rings is 1. The maximum absolute atomic E-state index is 6.18. The summed E-state index contributed by atoms with van der Waals surface area (Å²) in [5, 5.41) is 3.76. The lowest BCUT2D eigenvalue weighted by molar-refractivity contribution is 0.418. The summed E-state index contributed by atoms with van der Waals surface area (Å²) in [5.41, 5.74) is 2.72. The molecule has 0 spiro atoms. The summed E-state index contributed by atoms with van der Waals surface area (Å²) >= 11 is 11.5. The van der Waals surface area contributed by atoms with Crippen LogP contribution < -0.4 is 5.32 Å². The van der Waals surface area contributed by atoms with Gasteiger partial charge in [0.05, 0.1) is 4.34 Å². The number of halogens is 2. The van der Waals surface area contributed by atoms with Crippen LogP contribution in [-0.2, 0) is 6.42 Å². The van der Waals surface area contributed by atoms with Crippen LogP contribution in [0.15, 0.2) is 34.8 Å². The first kappa shape index (κ1) is 14.6. The number of aryl methyl sites for hydroxylation is 1. The van der Waals surface area contributed by atoms with Crippen LogP contribution in [0.1, 0.15) is 47.9 Å². The van der Waals surface area contributed by atoms with E-state index in [1.54, 1.807) is 11.3 Å². The number of nitrogens with one attached hydrogen (secondary N) is 1. The molecule has 0 aliphatic heterocycles. The minimum Gasteiger partial charge on any atom is -0.303 e. The van der Waals surface area contributed by atoms with E-state index in [1.807, 2.05) is 0 Å². The van der Waals surface area contributed by atoms with E-state index in [0.717, 1.165) is 8.81 Å². The Hall–Kier alpha value is -0.350. The normalized spacial score (nSPS) is 19.6. The molecule has 20 heavy (non-hydrogen) atoms. The van der Waals surface area contributed by atoms with Gasteiger partial charge < -0.3 is 5.32 Å². The van der Waals surface area contributed by atoms with Crippen molar-refractivity contribution in [1.29, 1.82) is 0 Å². The second-order valence-corrected chi connectivity index (χ2v) is 8.00. The molecule has 1 aromatic carbocycles. The van der Waals surface area contributed by atoms with Crippen LogP contribution >= 0.6 is 38.9 Å². The number of rotatable bonds is 3. The van der Waals surface area contributed by atoms with Crippen LogP contribution in [0.2, 0.25) is 4.34 Å². The van der Waals surface area contributed by atoms with Gasteiger partial charge >= 0.3 is 0 Å². The van der Waals surface area contributed by atoms with E-state index in [1.165, 1.54) is 35.3 Å². The van der Waals surface area contributed by atoms with E-state index in [9.17, 15) is 0 Å². The van der Waals surface area contributed by atoms with Gasteiger partial charge in [0.15, 0.2) is 0 Å².